The second-order valence-electron chi connectivity index (χ2n) is 15.3. The van der Waals surface area contributed by atoms with Gasteiger partial charge in [-0.15, -0.1) is 40.5 Å². The minimum Gasteiger partial charge on any atom is -0.512 e. The number of hydrogen-bond donors (Lipinski definition) is 1. The molecule has 1 radical (unpaired) electrons. The van der Waals surface area contributed by atoms with E-state index in [4.69, 9.17) is 4.98 Å². The topological polar surface area (TPSA) is 50.2 Å². The van der Waals surface area contributed by atoms with Crippen LogP contribution in [0.15, 0.2) is 42.2 Å². The third-order valence-electron chi connectivity index (χ3n) is 9.77. The van der Waals surface area contributed by atoms with E-state index in [0.29, 0.717) is 0 Å². The molecule has 2 aromatic carbocycles. The quantitative estimate of drug-likeness (QED) is 0.0694. The molecule has 0 aliphatic heterocycles. The Morgan fingerprint density at radius 3 is 2.06 bits per heavy atom. The van der Waals surface area contributed by atoms with Crippen LogP contribution in [0.4, 0.5) is 0 Å². The number of hydrogen-bond acceptors (Lipinski definition) is 5. The maximum absolute atomic E-state index is 11.7. The van der Waals surface area contributed by atoms with Crippen molar-refractivity contribution in [3.8, 4) is 11.3 Å². The van der Waals surface area contributed by atoms with Crippen molar-refractivity contribution in [3.63, 3.8) is 0 Å². The van der Waals surface area contributed by atoms with Crippen molar-refractivity contribution in [1.82, 2.24) is 4.98 Å². The molecule has 5 rings (SSSR count). The van der Waals surface area contributed by atoms with Gasteiger partial charge in [0.25, 0.3) is 0 Å². The number of allylic oxidation sites excluding steroid dienone is 2. The predicted octanol–water partition coefficient (Wildman–Crippen LogP) is 12.8. The molecule has 267 valence electrons. The Bertz CT molecular complexity index is 1960. The summed E-state index contributed by atoms with van der Waals surface area (Å²) in [7, 11) is -1.48. The fraction of sp³-hybridized carbons (Fsp3) is 0.476. The van der Waals surface area contributed by atoms with E-state index in [1.165, 1.54) is 58.7 Å². The van der Waals surface area contributed by atoms with Gasteiger partial charge in [-0.1, -0.05) is 97.3 Å². The number of ketones is 1. The SMILES string of the molecule is CCC(CC)C(=O)/C=C(\O)C(CC)CC.Cc1sc2c(nc(-c3[c-]c4ccccc4c(C(C)(C)C)c3)c3sc([Si](C)(C)C)c(C)c32)c1C.[Ir]. The molecule has 3 aromatic heterocycles. The maximum atomic E-state index is 11.7. The number of pyridine rings is 1. The smallest absolute Gasteiger partial charge is 0.162 e. The van der Waals surface area contributed by atoms with E-state index in [2.05, 4.69) is 97.6 Å². The normalized spacial score (nSPS) is 12.6. The number of aliphatic hydroxyl groups excluding tert-OH is 1. The van der Waals surface area contributed by atoms with E-state index in [-0.39, 0.29) is 48.9 Å². The average molecular weight is 891 g/mol. The van der Waals surface area contributed by atoms with Crippen LogP contribution in [0.25, 0.3) is 42.3 Å². The van der Waals surface area contributed by atoms with Crippen molar-refractivity contribution < 1.29 is 30.0 Å². The van der Waals surface area contributed by atoms with Gasteiger partial charge in [-0.05, 0) is 67.5 Å². The van der Waals surface area contributed by atoms with Crippen LogP contribution >= 0.6 is 22.7 Å². The van der Waals surface area contributed by atoms with E-state index in [1.54, 1.807) is 4.50 Å². The summed E-state index contributed by atoms with van der Waals surface area (Å²) in [6.45, 7) is 29.1. The first-order valence-electron chi connectivity index (χ1n) is 17.7. The summed E-state index contributed by atoms with van der Waals surface area (Å²) in [5.41, 5.74) is 7.58. The Hall–Kier alpha value is -2.15. The minimum absolute atomic E-state index is 0. The first kappa shape index (κ1) is 41.3. The number of nitrogens with zero attached hydrogens (tertiary/aromatic N) is 1. The number of aliphatic hydroxyl groups is 1. The van der Waals surface area contributed by atoms with Gasteiger partial charge in [0, 0.05) is 58.7 Å². The zero-order valence-electron chi connectivity index (χ0n) is 31.9. The van der Waals surface area contributed by atoms with Crippen LogP contribution in [0.3, 0.4) is 0 Å². The van der Waals surface area contributed by atoms with Crippen LogP contribution in [-0.2, 0) is 30.3 Å². The molecule has 0 saturated heterocycles. The van der Waals surface area contributed by atoms with Gasteiger partial charge in [-0.2, -0.15) is 11.3 Å². The number of aryl methyl sites for hydroxylation is 3. The van der Waals surface area contributed by atoms with E-state index in [9.17, 15) is 9.90 Å². The predicted molar refractivity (Wildman–Crippen MR) is 217 cm³/mol. The van der Waals surface area contributed by atoms with E-state index in [1.807, 2.05) is 50.4 Å². The molecule has 3 heterocycles. The monoisotopic (exact) mass is 891 g/mol. The summed E-state index contributed by atoms with van der Waals surface area (Å²) in [6, 6.07) is 14.8. The van der Waals surface area contributed by atoms with Gasteiger partial charge in [0.1, 0.15) is 0 Å². The third-order valence-corrected chi connectivity index (χ3v) is 16.0. The van der Waals surface area contributed by atoms with Gasteiger partial charge in [0.05, 0.1) is 24.0 Å². The number of benzene rings is 2. The van der Waals surface area contributed by atoms with Crippen LogP contribution in [0.1, 0.15) is 95.7 Å². The fourth-order valence-corrected chi connectivity index (χ4v) is 11.8. The number of carbonyl (C=O) groups excluding carboxylic acids is 1. The summed E-state index contributed by atoms with van der Waals surface area (Å²) in [5.74, 6) is 0.547. The zero-order chi connectivity index (χ0) is 35.7. The Morgan fingerprint density at radius 2 is 1.51 bits per heavy atom. The second kappa shape index (κ2) is 16.5. The van der Waals surface area contributed by atoms with Crippen molar-refractivity contribution >= 4 is 72.1 Å². The van der Waals surface area contributed by atoms with Crippen LogP contribution in [-0.4, -0.2) is 23.9 Å². The van der Waals surface area contributed by atoms with Crippen LogP contribution < -0.4 is 4.50 Å². The minimum atomic E-state index is -1.48. The summed E-state index contributed by atoms with van der Waals surface area (Å²) in [5, 5.41) is 13.7. The molecule has 0 saturated carbocycles. The van der Waals surface area contributed by atoms with Gasteiger partial charge < -0.3 is 5.11 Å². The summed E-state index contributed by atoms with van der Waals surface area (Å²) in [4.78, 5) is 18.5. The van der Waals surface area contributed by atoms with E-state index >= 15 is 0 Å². The molecule has 0 aliphatic rings. The van der Waals surface area contributed by atoms with E-state index < -0.39 is 8.07 Å². The summed E-state index contributed by atoms with van der Waals surface area (Å²) < 4.78 is 4.29. The molecule has 1 N–H and O–H groups in total. The van der Waals surface area contributed by atoms with Gasteiger partial charge in [0.2, 0.25) is 0 Å². The Labute approximate surface area is 318 Å². The van der Waals surface area contributed by atoms with Gasteiger partial charge >= 0.3 is 0 Å². The molecule has 49 heavy (non-hydrogen) atoms. The first-order chi connectivity index (χ1) is 22.5. The van der Waals surface area contributed by atoms with Crippen molar-refractivity contribution in [1.29, 1.82) is 0 Å². The number of fused-ring (bicyclic) bond motifs is 4. The van der Waals surface area contributed by atoms with Gasteiger partial charge in [0.15, 0.2) is 5.78 Å². The van der Waals surface area contributed by atoms with Crippen LogP contribution in [0.5, 0.6) is 0 Å². The standard InChI is InChI=1S/C29H32NS2Si.C13H24O2.Ir/c1-16-18(3)31-26-23-17(2)28(33(7,8)9)32-27(23)25(30-24(16)26)20-14-19-12-10-11-13-21(19)22(15-20)29(4,5)6;1-5-10(6-2)12(14)9-13(15)11(7-3)8-4;/h10-13,15H,1-9H3;9-11,14H,5-8H2,1-4H3;/q-1;;/b;12-9-;. The molecule has 0 fully saturated rings. The van der Waals surface area contributed by atoms with Crippen molar-refractivity contribution in [2.45, 2.75) is 120 Å². The Kier molecular flexibility index (Phi) is 13.9. The number of thiophene rings is 2. The third kappa shape index (κ3) is 8.67. The van der Waals surface area contributed by atoms with Crippen molar-refractivity contribution in [3.05, 3.63) is 69.8 Å². The molecule has 3 nitrogen and oxygen atoms in total. The first-order valence-corrected chi connectivity index (χ1v) is 22.8. The molecule has 5 aromatic rings. The zero-order valence-corrected chi connectivity index (χ0v) is 36.9. The number of carbonyl (C=O) groups is 1. The molecule has 0 amide bonds. The van der Waals surface area contributed by atoms with Gasteiger partial charge in [-0.25, -0.2) is 0 Å². The molecular weight excluding hydrogens is 835 g/mol. The number of rotatable bonds is 9. The van der Waals surface area contributed by atoms with Crippen LogP contribution in [0.2, 0.25) is 19.6 Å². The van der Waals surface area contributed by atoms with Crippen molar-refractivity contribution in [2.24, 2.45) is 11.8 Å². The molecule has 7 heteroatoms. The summed E-state index contributed by atoms with van der Waals surface area (Å²) >= 11 is 3.90. The molecule has 0 unspecified atom stereocenters. The molecule has 0 bridgehead atoms. The fourth-order valence-electron chi connectivity index (χ4n) is 6.69. The Morgan fingerprint density at radius 1 is 0.918 bits per heavy atom. The molecule has 0 atom stereocenters. The summed E-state index contributed by atoms with van der Waals surface area (Å²) in [6.07, 6.45) is 4.91. The molecular formula is C42H56IrNO2S2Si-. The largest absolute Gasteiger partial charge is 0.512 e. The van der Waals surface area contributed by atoms with Gasteiger partial charge in [-0.3, -0.25) is 9.78 Å². The number of aromatic nitrogens is 1. The average Bonchev–Trinajstić information content (AvgIpc) is 3.52. The molecule has 0 spiro atoms. The van der Waals surface area contributed by atoms with E-state index in [0.717, 1.165) is 36.9 Å². The second-order valence-corrected chi connectivity index (χ2v) is 22.9. The maximum Gasteiger partial charge on any atom is 0.162 e. The molecule has 0 aliphatic carbocycles. The van der Waals surface area contributed by atoms with Crippen LogP contribution in [0, 0.1) is 38.7 Å². The van der Waals surface area contributed by atoms with Crippen molar-refractivity contribution in [2.75, 3.05) is 0 Å². The Balaban J connectivity index is 0.000000347.